The maximum atomic E-state index is 14.5. The van der Waals surface area contributed by atoms with Gasteiger partial charge < -0.3 is 25.4 Å². The number of anilines is 1. The molecule has 0 fully saturated rings. The van der Waals surface area contributed by atoms with Crippen LogP contribution in [-0.4, -0.2) is 57.6 Å². The van der Waals surface area contributed by atoms with E-state index in [4.69, 9.17) is 4.74 Å². The number of rotatable bonds is 13. The number of nitrogens with one attached hydrogen (secondary N) is 2. The van der Waals surface area contributed by atoms with E-state index in [1.165, 1.54) is 0 Å². The number of alkyl carbamates (subject to hydrolysis) is 1. The summed E-state index contributed by atoms with van der Waals surface area (Å²) in [6, 6.07) is 10.2. The number of thioether (sulfide) groups is 1. The molecule has 9 heteroatoms. The number of nitrogens with zero attached hydrogens (tertiary/aromatic N) is 1. The number of amides is 3. The second kappa shape index (κ2) is 15.9. The Morgan fingerprint density at radius 3 is 2.21 bits per heavy atom. The highest BCUT2D eigenvalue weighted by molar-refractivity contribution is 7.98. The van der Waals surface area contributed by atoms with Gasteiger partial charge in [-0.1, -0.05) is 38.1 Å². The molecular weight excluding hydrogens is 550 g/mol. The van der Waals surface area contributed by atoms with Crippen molar-refractivity contribution in [1.29, 1.82) is 0 Å². The fourth-order valence-corrected chi connectivity index (χ4v) is 5.11. The zero-order valence-corrected chi connectivity index (χ0v) is 27.4. The summed E-state index contributed by atoms with van der Waals surface area (Å²) in [5.41, 5.74) is 1.97. The topological polar surface area (TPSA) is 108 Å². The number of hydrogen-bond acceptors (Lipinski definition) is 6. The molecule has 0 saturated carbocycles. The maximum Gasteiger partial charge on any atom is 0.408 e. The second-order valence-corrected chi connectivity index (χ2v) is 13.3. The van der Waals surface area contributed by atoms with Crippen LogP contribution in [0.1, 0.15) is 83.5 Å². The molecule has 0 aliphatic rings. The van der Waals surface area contributed by atoms with Crippen LogP contribution in [0.4, 0.5) is 10.5 Å². The van der Waals surface area contributed by atoms with Crippen LogP contribution in [0.25, 0.3) is 0 Å². The van der Waals surface area contributed by atoms with Crippen LogP contribution in [0.2, 0.25) is 0 Å². The first-order chi connectivity index (χ1) is 19.6. The molecule has 0 aliphatic heterocycles. The number of ether oxygens (including phenoxy) is 1. The third kappa shape index (κ3) is 10.6. The van der Waals surface area contributed by atoms with Crippen LogP contribution >= 0.6 is 11.8 Å². The van der Waals surface area contributed by atoms with Crippen molar-refractivity contribution in [3.8, 4) is 5.75 Å². The molecule has 0 aromatic heterocycles. The van der Waals surface area contributed by atoms with Crippen LogP contribution < -0.4 is 10.6 Å². The van der Waals surface area contributed by atoms with Crippen molar-refractivity contribution in [2.45, 2.75) is 98.4 Å². The minimum Gasteiger partial charge on any atom is -0.508 e. The Morgan fingerprint density at radius 2 is 1.64 bits per heavy atom. The molecule has 0 aliphatic carbocycles. The van der Waals surface area contributed by atoms with Gasteiger partial charge in [-0.25, -0.2) is 4.79 Å². The Labute approximate surface area is 256 Å². The van der Waals surface area contributed by atoms with Gasteiger partial charge >= 0.3 is 6.09 Å². The zero-order chi connectivity index (χ0) is 31.6. The molecule has 3 N–H and O–H groups in total. The molecule has 232 valence electrons. The molecule has 0 heterocycles. The van der Waals surface area contributed by atoms with Gasteiger partial charge in [-0.05, 0) is 114 Å². The van der Waals surface area contributed by atoms with Gasteiger partial charge in [-0.3, -0.25) is 9.59 Å². The monoisotopic (exact) mass is 599 g/mol. The molecule has 3 unspecified atom stereocenters. The van der Waals surface area contributed by atoms with Crippen LogP contribution in [0.5, 0.6) is 5.75 Å². The molecular formula is C33H49N3O5S. The minimum absolute atomic E-state index is 0.104. The van der Waals surface area contributed by atoms with Gasteiger partial charge in [0, 0.05) is 11.7 Å². The molecule has 8 nitrogen and oxygen atoms in total. The van der Waals surface area contributed by atoms with Crippen LogP contribution in [-0.2, 0) is 14.3 Å². The Balaban J connectivity index is 2.66. The smallest absolute Gasteiger partial charge is 0.408 e. The summed E-state index contributed by atoms with van der Waals surface area (Å²) in [6.45, 7) is 15.2. The van der Waals surface area contributed by atoms with E-state index in [2.05, 4.69) is 24.5 Å². The molecule has 2 aromatic carbocycles. The van der Waals surface area contributed by atoms with Crippen molar-refractivity contribution in [3.63, 3.8) is 0 Å². The van der Waals surface area contributed by atoms with Gasteiger partial charge in [0.25, 0.3) is 5.91 Å². The van der Waals surface area contributed by atoms with E-state index in [9.17, 15) is 19.5 Å². The zero-order valence-electron chi connectivity index (χ0n) is 26.6. The van der Waals surface area contributed by atoms with Crippen molar-refractivity contribution < 1.29 is 24.2 Å². The number of aryl methyl sites for hydroxylation is 2. The van der Waals surface area contributed by atoms with Gasteiger partial charge in [0.2, 0.25) is 5.91 Å². The first-order valence-electron chi connectivity index (χ1n) is 14.6. The van der Waals surface area contributed by atoms with Gasteiger partial charge in [0.05, 0.1) is 0 Å². The van der Waals surface area contributed by atoms with E-state index in [1.54, 1.807) is 62.6 Å². The normalized spacial score (nSPS) is 13.7. The Kier molecular flexibility index (Phi) is 13.2. The molecule has 3 atom stereocenters. The number of carbonyl (C=O) groups excluding carboxylic acids is 3. The average molecular weight is 600 g/mol. The number of para-hydroxylation sites is 1. The average Bonchev–Trinajstić information content (AvgIpc) is 2.89. The number of phenols is 1. The van der Waals surface area contributed by atoms with E-state index in [0.29, 0.717) is 41.3 Å². The van der Waals surface area contributed by atoms with Gasteiger partial charge in [0.1, 0.15) is 23.4 Å². The lowest BCUT2D eigenvalue weighted by Crippen LogP contribution is -2.55. The third-order valence-corrected chi connectivity index (χ3v) is 7.60. The highest BCUT2D eigenvalue weighted by atomic mass is 32.2. The molecule has 0 saturated heterocycles. The Morgan fingerprint density at radius 1 is 0.976 bits per heavy atom. The van der Waals surface area contributed by atoms with Gasteiger partial charge in [-0.15, -0.1) is 0 Å². The van der Waals surface area contributed by atoms with Gasteiger partial charge in [0.15, 0.2) is 0 Å². The fraction of sp³-hybridized carbons (Fsp3) is 0.545. The highest BCUT2D eigenvalue weighted by Gasteiger charge is 2.39. The van der Waals surface area contributed by atoms with Crippen molar-refractivity contribution in [1.82, 2.24) is 10.2 Å². The Bertz CT molecular complexity index is 1210. The summed E-state index contributed by atoms with van der Waals surface area (Å²) in [5, 5.41) is 16.1. The predicted octanol–water partition coefficient (Wildman–Crippen LogP) is 6.99. The van der Waals surface area contributed by atoms with E-state index >= 15 is 0 Å². The number of carbonyl (C=O) groups is 3. The Hall–Kier alpha value is -3.20. The number of hydrogen-bond donors (Lipinski definition) is 3. The predicted molar refractivity (Wildman–Crippen MR) is 172 cm³/mol. The molecule has 2 rings (SSSR count). The molecule has 3 amide bonds. The maximum absolute atomic E-state index is 14.5. The summed E-state index contributed by atoms with van der Waals surface area (Å²) in [6.07, 6.45) is 3.14. The third-order valence-electron chi connectivity index (χ3n) is 6.96. The molecule has 2 aromatic rings. The first kappa shape index (κ1) is 35.0. The lowest BCUT2D eigenvalue weighted by molar-refractivity contribution is -0.143. The number of benzene rings is 2. The SMILES string of the molecule is CSCCC(NC(=O)OC(C)(C)C)C(=O)N(C(C)CCC(C)C)C(C(=O)Nc1ccccc1C)c1ccc(O)c(C)c1. The summed E-state index contributed by atoms with van der Waals surface area (Å²) in [4.78, 5) is 43.2. The largest absolute Gasteiger partial charge is 0.508 e. The van der Waals surface area contributed by atoms with E-state index in [-0.39, 0.29) is 23.6 Å². The number of phenolic OH excluding ortho intramolecular Hbond substituents is 1. The first-order valence-corrected chi connectivity index (χ1v) is 16.0. The summed E-state index contributed by atoms with van der Waals surface area (Å²) in [7, 11) is 0. The molecule has 0 bridgehead atoms. The van der Waals surface area contributed by atoms with Crippen molar-refractivity contribution in [3.05, 3.63) is 59.2 Å². The van der Waals surface area contributed by atoms with E-state index < -0.39 is 23.8 Å². The van der Waals surface area contributed by atoms with Crippen molar-refractivity contribution in [2.75, 3.05) is 17.3 Å². The van der Waals surface area contributed by atoms with Crippen LogP contribution in [0.15, 0.2) is 42.5 Å². The fourth-order valence-electron chi connectivity index (χ4n) is 4.64. The van der Waals surface area contributed by atoms with Crippen molar-refractivity contribution in [2.24, 2.45) is 5.92 Å². The lowest BCUT2D eigenvalue weighted by atomic mass is 9.95. The standard InChI is InChI=1S/C33H49N3O5S/c1-21(2)14-15-24(5)36(31(39)27(18-19-42-9)35-32(40)41-33(6,7)8)29(25-16-17-28(37)23(4)20-25)30(38)34-26-13-11-10-12-22(26)3/h10-13,16-17,20-21,24,27,29,37H,14-15,18-19H2,1-9H3,(H,34,38)(H,35,40). The highest BCUT2D eigenvalue weighted by Crippen LogP contribution is 2.32. The minimum atomic E-state index is -1.02. The lowest BCUT2D eigenvalue weighted by Gasteiger charge is -2.39. The molecule has 42 heavy (non-hydrogen) atoms. The van der Waals surface area contributed by atoms with Crippen molar-refractivity contribution >= 4 is 35.4 Å². The van der Waals surface area contributed by atoms with E-state index in [0.717, 1.165) is 12.0 Å². The van der Waals surface area contributed by atoms with Crippen LogP contribution in [0, 0.1) is 19.8 Å². The summed E-state index contributed by atoms with van der Waals surface area (Å²) < 4.78 is 5.50. The quantitative estimate of drug-likeness (QED) is 0.229. The van der Waals surface area contributed by atoms with Gasteiger partial charge in [-0.2, -0.15) is 11.8 Å². The van der Waals surface area contributed by atoms with Crippen LogP contribution in [0.3, 0.4) is 0 Å². The second-order valence-electron chi connectivity index (χ2n) is 12.3. The molecule has 0 spiro atoms. The summed E-state index contributed by atoms with van der Waals surface area (Å²) in [5.74, 6) is 0.388. The van der Waals surface area contributed by atoms with E-state index in [1.807, 2.05) is 44.4 Å². The number of aromatic hydroxyl groups is 1. The summed E-state index contributed by atoms with van der Waals surface area (Å²) >= 11 is 1.57. The molecule has 0 radical (unpaired) electrons.